The van der Waals surface area contributed by atoms with Gasteiger partial charge in [0.15, 0.2) is 0 Å². The van der Waals surface area contributed by atoms with Crippen LogP contribution in [0, 0.1) is 23.6 Å². The molecule has 0 amide bonds. The summed E-state index contributed by atoms with van der Waals surface area (Å²) in [4.78, 5) is 2.50. The van der Waals surface area contributed by atoms with E-state index in [1.54, 1.807) is 6.07 Å². The molecule has 20 heavy (non-hydrogen) atoms. The number of rotatable bonds is 5. The van der Waals surface area contributed by atoms with Crippen LogP contribution in [0.3, 0.4) is 0 Å². The zero-order valence-corrected chi connectivity index (χ0v) is 11.6. The summed E-state index contributed by atoms with van der Waals surface area (Å²) in [6.07, 6.45) is 5.25. The van der Waals surface area contributed by atoms with Gasteiger partial charge in [-0.05, 0) is 55.4 Å². The minimum absolute atomic E-state index is 0.193. The lowest BCUT2D eigenvalue weighted by atomic mass is 10.1. The molecule has 1 N–H and O–H groups in total. The van der Waals surface area contributed by atoms with Crippen molar-refractivity contribution in [2.75, 3.05) is 13.2 Å². The van der Waals surface area contributed by atoms with Gasteiger partial charge >= 0.3 is 0 Å². The van der Waals surface area contributed by atoms with Crippen molar-refractivity contribution in [3.63, 3.8) is 0 Å². The van der Waals surface area contributed by atoms with Gasteiger partial charge in [0, 0.05) is 24.7 Å². The van der Waals surface area contributed by atoms with Gasteiger partial charge in [-0.2, -0.15) is 0 Å². The first-order valence-electron chi connectivity index (χ1n) is 7.38. The number of aliphatic hydroxyl groups is 1. The third kappa shape index (κ3) is 3.82. The molecule has 0 atom stereocenters. The van der Waals surface area contributed by atoms with Gasteiger partial charge in [-0.3, -0.25) is 4.90 Å². The summed E-state index contributed by atoms with van der Waals surface area (Å²) in [7, 11) is 0. The fraction of sp³-hybridized carbons (Fsp3) is 0.529. The van der Waals surface area contributed by atoms with E-state index in [1.165, 1.54) is 31.7 Å². The summed E-state index contributed by atoms with van der Waals surface area (Å²) >= 11 is 0. The van der Waals surface area contributed by atoms with Crippen LogP contribution in [0.5, 0.6) is 0 Å². The molecule has 2 aliphatic rings. The van der Waals surface area contributed by atoms with E-state index in [-0.39, 0.29) is 12.4 Å². The molecular formula is C17H20FNO. The molecule has 2 saturated carbocycles. The Bertz CT molecular complexity index is 538. The number of halogens is 1. The fourth-order valence-corrected chi connectivity index (χ4v) is 2.60. The summed E-state index contributed by atoms with van der Waals surface area (Å²) in [5.74, 6) is 5.98. The number of benzene rings is 1. The Morgan fingerprint density at radius 1 is 1.20 bits per heavy atom. The standard InChI is InChI=1S/C17H20FNO/c18-16-9-14(2-1-7-20)8-15(10-16)12-19(17-5-6-17)11-13-3-4-13/h8-10,13,17,20H,3-7,11-12H2. The average Bonchev–Trinajstić information content (AvgIpc) is 3.26. The predicted molar refractivity (Wildman–Crippen MR) is 76.5 cm³/mol. The summed E-state index contributed by atoms with van der Waals surface area (Å²) in [6.45, 7) is 1.77. The Kier molecular flexibility index (Phi) is 4.05. The smallest absolute Gasteiger partial charge is 0.124 e. The van der Waals surface area contributed by atoms with Gasteiger partial charge in [0.25, 0.3) is 0 Å². The third-order valence-electron chi connectivity index (χ3n) is 3.91. The van der Waals surface area contributed by atoms with Gasteiger partial charge in [0.2, 0.25) is 0 Å². The van der Waals surface area contributed by atoms with Crippen LogP contribution < -0.4 is 0 Å². The van der Waals surface area contributed by atoms with Gasteiger partial charge < -0.3 is 5.11 Å². The van der Waals surface area contributed by atoms with Gasteiger partial charge in [-0.15, -0.1) is 0 Å². The Hall–Kier alpha value is -1.37. The van der Waals surface area contributed by atoms with Gasteiger partial charge in [-0.1, -0.05) is 11.8 Å². The van der Waals surface area contributed by atoms with Crippen molar-refractivity contribution in [2.45, 2.75) is 38.3 Å². The van der Waals surface area contributed by atoms with Crippen molar-refractivity contribution in [3.8, 4) is 11.8 Å². The molecule has 2 aliphatic carbocycles. The molecule has 3 heteroatoms. The topological polar surface area (TPSA) is 23.5 Å². The lowest BCUT2D eigenvalue weighted by Gasteiger charge is -2.22. The fourth-order valence-electron chi connectivity index (χ4n) is 2.60. The second-order valence-electron chi connectivity index (χ2n) is 5.91. The van der Waals surface area contributed by atoms with E-state index >= 15 is 0 Å². The second kappa shape index (κ2) is 5.95. The Morgan fingerprint density at radius 2 is 2.00 bits per heavy atom. The van der Waals surface area contributed by atoms with Crippen LogP contribution >= 0.6 is 0 Å². The van der Waals surface area contributed by atoms with Crippen LogP contribution in [0.4, 0.5) is 4.39 Å². The monoisotopic (exact) mass is 273 g/mol. The molecule has 0 spiro atoms. The first-order valence-corrected chi connectivity index (χ1v) is 7.38. The van der Waals surface area contributed by atoms with Crippen LogP contribution in [-0.4, -0.2) is 29.2 Å². The molecule has 0 unspecified atom stereocenters. The van der Waals surface area contributed by atoms with Crippen molar-refractivity contribution < 1.29 is 9.50 Å². The highest BCUT2D eigenvalue weighted by Gasteiger charge is 2.33. The SMILES string of the molecule is OCC#Cc1cc(F)cc(CN(CC2CC2)C2CC2)c1. The maximum atomic E-state index is 13.6. The molecular weight excluding hydrogens is 253 g/mol. The second-order valence-corrected chi connectivity index (χ2v) is 5.91. The van der Waals surface area contributed by atoms with E-state index in [0.29, 0.717) is 11.6 Å². The number of nitrogens with zero attached hydrogens (tertiary/aromatic N) is 1. The number of hydrogen-bond donors (Lipinski definition) is 1. The molecule has 2 nitrogen and oxygen atoms in total. The van der Waals surface area contributed by atoms with Crippen molar-refractivity contribution in [2.24, 2.45) is 5.92 Å². The molecule has 0 saturated heterocycles. The molecule has 1 aromatic carbocycles. The normalized spacial score (nSPS) is 17.9. The molecule has 2 fully saturated rings. The zero-order chi connectivity index (χ0) is 13.9. The molecule has 0 bridgehead atoms. The third-order valence-corrected chi connectivity index (χ3v) is 3.91. The first-order chi connectivity index (χ1) is 9.74. The van der Waals surface area contributed by atoms with E-state index in [2.05, 4.69) is 16.7 Å². The highest BCUT2D eigenvalue weighted by Crippen LogP contribution is 2.35. The molecule has 0 heterocycles. The zero-order valence-electron chi connectivity index (χ0n) is 11.6. The van der Waals surface area contributed by atoms with Crippen LogP contribution in [-0.2, 0) is 6.54 Å². The number of hydrogen-bond acceptors (Lipinski definition) is 2. The quantitative estimate of drug-likeness (QED) is 0.833. The Labute approximate surface area is 119 Å². The molecule has 0 aromatic heterocycles. The van der Waals surface area contributed by atoms with Gasteiger partial charge in [0.1, 0.15) is 12.4 Å². The Morgan fingerprint density at radius 3 is 2.65 bits per heavy atom. The van der Waals surface area contributed by atoms with Crippen molar-refractivity contribution in [1.29, 1.82) is 0 Å². The van der Waals surface area contributed by atoms with Crippen molar-refractivity contribution >= 4 is 0 Å². The number of aliphatic hydroxyl groups excluding tert-OH is 1. The predicted octanol–water partition coefficient (Wildman–Crippen LogP) is 2.54. The molecule has 3 rings (SSSR count). The van der Waals surface area contributed by atoms with Gasteiger partial charge in [-0.25, -0.2) is 4.39 Å². The van der Waals surface area contributed by atoms with Crippen LogP contribution in [0.2, 0.25) is 0 Å². The average molecular weight is 273 g/mol. The van der Waals surface area contributed by atoms with Crippen LogP contribution in [0.25, 0.3) is 0 Å². The minimum atomic E-state index is -0.244. The van der Waals surface area contributed by atoms with Gasteiger partial charge in [0.05, 0.1) is 0 Å². The molecule has 1 aromatic rings. The van der Waals surface area contributed by atoms with Crippen LogP contribution in [0.1, 0.15) is 36.8 Å². The molecule has 0 aliphatic heterocycles. The summed E-state index contributed by atoms with van der Waals surface area (Å²) in [5.41, 5.74) is 1.64. The summed E-state index contributed by atoms with van der Waals surface area (Å²) < 4.78 is 13.6. The van der Waals surface area contributed by atoms with E-state index in [9.17, 15) is 4.39 Å². The van der Waals surface area contributed by atoms with E-state index in [0.717, 1.165) is 24.6 Å². The minimum Gasteiger partial charge on any atom is -0.384 e. The summed E-state index contributed by atoms with van der Waals surface area (Å²) in [5, 5.41) is 8.72. The Balaban J connectivity index is 1.72. The lowest BCUT2D eigenvalue weighted by Crippen LogP contribution is -2.27. The van der Waals surface area contributed by atoms with E-state index in [1.807, 2.05) is 6.07 Å². The van der Waals surface area contributed by atoms with E-state index < -0.39 is 0 Å². The highest BCUT2D eigenvalue weighted by molar-refractivity contribution is 5.37. The van der Waals surface area contributed by atoms with E-state index in [4.69, 9.17) is 5.11 Å². The van der Waals surface area contributed by atoms with Crippen LogP contribution in [0.15, 0.2) is 18.2 Å². The lowest BCUT2D eigenvalue weighted by molar-refractivity contribution is 0.244. The first kappa shape index (κ1) is 13.6. The van der Waals surface area contributed by atoms with Crippen molar-refractivity contribution in [3.05, 3.63) is 35.1 Å². The maximum absolute atomic E-state index is 13.6. The molecule has 0 radical (unpaired) electrons. The summed E-state index contributed by atoms with van der Waals surface area (Å²) in [6, 6.07) is 5.67. The molecule has 106 valence electrons. The largest absolute Gasteiger partial charge is 0.384 e. The highest BCUT2D eigenvalue weighted by atomic mass is 19.1. The maximum Gasteiger partial charge on any atom is 0.124 e. The van der Waals surface area contributed by atoms with Crippen molar-refractivity contribution in [1.82, 2.24) is 4.90 Å².